The third-order valence-corrected chi connectivity index (χ3v) is 3.24. The zero-order valence-electron chi connectivity index (χ0n) is 19.0. The number of aryl methyl sites for hydroxylation is 2. The quantitative estimate of drug-likeness (QED) is 0.415. The molecule has 1 aromatic carbocycles. The van der Waals surface area contributed by atoms with Crippen molar-refractivity contribution < 1.29 is 4.79 Å². The van der Waals surface area contributed by atoms with E-state index in [2.05, 4.69) is 59.4 Å². The minimum atomic E-state index is 0.167. The molecule has 0 amide bonds. The molecule has 0 aliphatic carbocycles. The molecule has 1 nitrogen and oxygen atoms in total. The van der Waals surface area contributed by atoms with E-state index in [0.29, 0.717) is 0 Å². The first-order chi connectivity index (χ1) is 11.7. The Kier molecular flexibility index (Phi) is 32.6. The molecule has 0 aromatic heterocycles. The molecule has 1 aromatic rings. The highest BCUT2D eigenvalue weighted by molar-refractivity contribution is 7.80. The Morgan fingerprint density at radius 2 is 1.44 bits per heavy atom. The molecule has 0 N–H and O–H groups in total. The minimum Gasteiger partial charge on any atom is -0.300 e. The van der Waals surface area contributed by atoms with Gasteiger partial charge in [0.1, 0.15) is 5.78 Å². The van der Waals surface area contributed by atoms with Crippen molar-refractivity contribution in [3.8, 4) is 0 Å². The number of ketones is 1. The summed E-state index contributed by atoms with van der Waals surface area (Å²) < 4.78 is 0. The van der Waals surface area contributed by atoms with Crippen LogP contribution in [0.5, 0.6) is 0 Å². The van der Waals surface area contributed by atoms with Gasteiger partial charge in [-0.1, -0.05) is 91.8 Å². The summed E-state index contributed by atoms with van der Waals surface area (Å²) >= 11 is 4.25. The SMILES string of the molecule is CC.CC.CC(C)=O.CCCCCC(C)C.Cc1ccc(S)c(C)c1. The highest BCUT2D eigenvalue weighted by Crippen LogP contribution is 2.13. The Hall–Kier alpha value is -0.760. The van der Waals surface area contributed by atoms with Gasteiger partial charge >= 0.3 is 0 Å². The van der Waals surface area contributed by atoms with Gasteiger partial charge in [-0.05, 0) is 45.2 Å². The van der Waals surface area contributed by atoms with Crippen molar-refractivity contribution in [3.05, 3.63) is 29.3 Å². The van der Waals surface area contributed by atoms with Crippen LogP contribution in [0, 0.1) is 19.8 Å². The largest absolute Gasteiger partial charge is 0.300 e. The van der Waals surface area contributed by atoms with Crippen LogP contribution in [0.25, 0.3) is 0 Å². The predicted octanol–water partition coefficient (Wildman–Crippen LogP) is 8.46. The highest BCUT2D eigenvalue weighted by Gasteiger charge is 1.91. The number of Topliss-reactive ketones (excluding diaryl/α,β-unsaturated/α-hetero) is 1. The molecule has 25 heavy (non-hydrogen) atoms. The fourth-order valence-electron chi connectivity index (χ4n) is 1.61. The lowest BCUT2D eigenvalue weighted by molar-refractivity contribution is -0.114. The Balaban J connectivity index is -0.000000126. The van der Waals surface area contributed by atoms with Crippen LogP contribution >= 0.6 is 12.6 Å². The lowest BCUT2D eigenvalue weighted by atomic mass is 10.1. The van der Waals surface area contributed by atoms with Crippen LogP contribution in [-0.2, 0) is 4.79 Å². The average molecular weight is 371 g/mol. The lowest BCUT2D eigenvalue weighted by Crippen LogP contribution is -1.85. The first-order valence-corrected chi connectivity index (χ1v) is 10.4. The van der Waals surface area contributed by atoms with E-state index in [1.54, 1.807) is 0 Å². The van der Waals surface area contributed by atoms with Gasteiger partial charge in [0.15, 0.2) is 0 Å². The highest BCUT2D eigenvalue weighted by atomic mass is 32.1. The van der Waals surface area contributed by atoms with E-state index in [9.17, 15) is 4.79 Å². The monoisotopic (exact) mass is 370 g/mol. The van der Waals surface area contributed by atoms with E-state index in [1.165, 1.54) is 50.7 Å². The fourth-order valence-corrected chi connectivity index (χ4v) is 1.75. The van der Waals surface area contributed by atoms with Crippen LogP contribution in [0.3, 0.4) is 0 Å². The molecule has 1 rings (SSSR count). The van der Waals surface area contributed by atoms with Gasteiger partial charge in [0.2, 0.25) is 0 Å². The molecular formula is C23H46OS. The van der Waals surface area contributed by atoms with Gasteiger partial charge in [0, 0.05) is 4.90 Å². The number of carbonyl (C=O) groups excluding carboxylic acids is 1. The maximum absolute atomic E-state index is 9.44. The van der Waals surface area contributed by atoms with E-state index >= 15 is 0 Å². The third kappa shape index (κ3) is 35.3. The Bertz CT molecular complexity index is 380. The zero-order valence-corrected chi connectivity index (χ0v) is 19.9. The van der Waals surface area contributed by atoms with Crippen molar-refractivity contribution in [1.29, 1.82) is 0 Å². The fraction of sp³-hybridized carbons (Fsp3) is 0.696. The van der Waals surface area contributed by atoms with E-state index in [4.69, 9.17) is 0 Å². The number of rotatable bonds is 4. The van der Waals surface area contributed by atoms with Gasteiger partial charge in [0.25, 0.3) is 0 Å². The third-order valence-electron chi connectivity index (χ3n) is 2.74. The van der Waals surface area contributed by atoms with Crippen LogP contribution < -0.4 is 0 Å². The van der Waals surface area contributed by atoms with Crippen molar-refractivity contribution in [2.45, 2.75) is 107 Å². The molecule has 0 fully saturated rings. The van der Waals surface area contributed by atoms with Gasteiger partial charge in [0.05, 0.1) is 0 Å². The summed E-state index contributed by atoms with van der Waals surface area (Å²) in [5.41, 5.74) is 2.55. The molecule has 0 saturated heterocycles. The molecule has 0 unspecified atom stereocenters. The number of thiol groups is 1. The first kappa shape index (κ1) is 32.0. The molecule has 2 heteroatoms. The van der Waals surface area contributed by atoms with Crippen molar-refractivity contribution in [2.24, 2.45) is 5.92 Å². The molecule has 0 aliphatic heterocycles. The number of hydrogen-bond donors (Lipinski definition) is 1. The maximum Gasteiger partial charge on any atom is 0.126 e. The van der Waals surface area contributed by atoms with Crippen molar-refractivity contribution in [1.82, 2.24) is 0 Å². The van der Waals surface area contributed by atoms with Gasteiger partial charge in [-0.25, -0.2) is 0 Å². The van der Waals surface area contributed by atoms with E-state index in [-0.39, 0.29) is 5.78 Å². The summed E-state index contributed by atoms with van der Waals surface area (Å²) in [6.07, 6.45) is 5.60. The molecule has 0 radical (unpaired) electrons. The van der Waals surface area contributed by atoms with Crippen molar-refractivity contribution in [2.75, 3.05) is 0 Å². The van der Waals surface area contributed by atoms with Crippen molar-refractivity contribution >= 4 is 18.4 Å². The maximum atomic E-state index is 9.44. The van der Waals surface area contributed by atoms with Gasteiger partial charge in [-0.2, -0.15) is 0 Å². The average Bonchev–Trinajstić information content (AvgIpc) is 2.55. The topological polar surface area (TPSA) is 17.1 Å². The smallest absolute Gasteiger partial charge is 0.126 e. The number of benzene rings is 1. The number of carbonyl (C=O) groups is 1. The molecule has 0 atom stereocenters. The summed E-state index contributed by atoms with van der Waals surface area (Å²) in [6.45, 7) is 22.0. The van der Waals surface area contributed by atoms with Crippen LogP contribution in [-0.4, -0.2) is 5.78 Å². The second-order valence-corrected chi connectivity index (χ2v) is 6.57. The van der Waals surface area contributed by atoms with Crippen molar-refractivity contribution in [3.63, 3.8) is 0 Å². The number of unbranched alkanes of at least 4 members (excludes halogenated alkanes) is 2. The summed E-state index contributed by atoms with van der Waals surface area (Å²) in [4.78, 5) is 10.5. The molecular weight excluding hydrogens is 324 g/mol. The second kappa shape index (κ2) is 25.5. The van der Waals surface area contributed by atoms with Crippen LogP contribution in [0.2, 0.25) is 0 Å². The van der Waals surface area contributed by atoms with Crippen LogP contribution in [0.15, 0.2) is 23.1 Å². The molecule has 0 spiro atoms. The van der Waals surface area contributed by atoms with E-state index in [1.807, 2.05) is 33.8 Å². The standard InChI is InChI=1S/C8H10S.C8H18.C3H6O.2C2H6/c1-6-3-4-8(9)7(2)5-6;1-4-5-6-7-8(2)3;1-3(2)4;2*1-2/h3-5,9H,1-2H3;8H,4-7H2,1-3H3;1-2H3;2*1-2H3. The summed E-state index contributed by atoms with van der Waals surface area (Å²) in [6, 6.07) is 6.21. The Labute approximate surface area is 165 Å². The second-order valence-electron chi connectivity index (χ2n) is 6.09. The molecule has 0 aliphatic rings. The first-order valence-electron chi connectivity index (χ1n) is 9.94. The normalized spacial score (nSPS) is 8.36. The molecule has 0 bridgehead atoms. The predicted molar refractivity (Wildman–Crippen MR) is 121 cm³/mol. The van der Waals surface area contributed by atoms with Gasteiger partial charge in [-0.3, -0.25) is 0 Å². The summed E-state index contributed by atoms with van der Waals surface area (Å²) in [7, 11) is 0. The lowest BCUT2D eigenvalue weighted by Gasteiger charge is -2.00. The van der Waals surface area contributed by atoms with E-state index < -0.39 is 0 Å². The molecule has 0 heterocycles. The van der Waals surface area contributed by atoms with E-state index in [0.717, 1.165) is 10.8 Å². The van der Waals surface area contributed by atoms with Gasteiger partial charge in [-0.15, -0.1) is 12.6 Å². The van der Waals surface area contributed by atoms with Crippen LogP contribution in [0.4, 0.5) is 0 Å². The molecule has 150 valence electrons. The van der Waals surface area contributed by atoms with Crippen LogP contribution in [0.1, 0.15) is 99.1 Å². The van der Waals surface area contributed by atoms with Gasteiger partial charge < -0.3 is 4.79 Å². The molecule has 0 saturated carbocycles. The Morgan fingerprint density at radius 3 is 1.72 bits per heavy atom. The summed E-state index contributed by atoms with van der Waals surface area (Å²) in [5, 5.41) is 0. The Morgan fingerprint density at radius 1 is 1.00 bits per heavy atom. The summed E-state index contributed by atoms with van der Waals surface area (Å²) in [5.74, 6) is 1.07. The zero-order chi connectivity index (χ0) is 20.8. The number of hydrogen-bond acceptors (Lipinski definition) is 2. The minimum absolute atomic E-state index is 0.167.